The standard InChI is InChI=1S/C9H16O/c1-7(2)8(3)9-5-4-6-10-9/h4-5,7-9H,6H2,1-3H3. The van der Waals surface area contributed by atoms with Gasteiger partial charge >= 0.3 is 0 Å². The van der Waals surface area contributed by atoms with Crippen LogP contribution >= 0.6 is 0 Å². The maximum Gasteiger partial charge on any atom is 0.0788 e. The van der Waals surface area contributed by atoms with Crippen molar-refractivity contribution < 1.29 is 4.74 Å². The van der Waals surface area contributed by atoms with Gasteiger partial charge in [-0.1, -0.05) is 32.9 Å². The zero-order valence-corrected chi connectivity index (χ0v) is 7.00. The topological polar surface area (TPSA) is 9.23 Å². The predicted octanol–water partition coefficient (Wildman–Crippen LogP) is 2.23. The van der Waals surface area contributed by atoms with Crippen LogP contribution in [0, 0.1) is 11.8 Å². The van der Waals surface area contributed by atoms with Gasteiger partial charge < -0.3 is 4.74 Å². The van der Waals surface area contributed by atoms with E-state index in [-0.39, 0.29) is 0 Å². The van der Waals surface area contributed by atoms with E-state index in [9.17, 15) is 0 Å². The Balaban J connectivity index is 2.40. The highest BCUT2D eigenvalue weighted by Crippen LogP contribution is 2.20. The Morgan fingerprint density at radius 3 is 2.50 bits per heavy atom. The first-order chi connectivity index (χ1) is 4.72. The van der Waals surface area contributed by atoms with Crippen LogP contribution in [0.15, 0.2) is 12.2 Å². The second-order valence-corrected chi connectivity index (χ2v) is 3.33. The molecule has 1 heteroatoms. The van der Waals surface area contributed by atoms with Crippen LogP contribution in [0.5, 0.6) is 0 Å². The first-order valence-corrected chi connectivity index (χ1v) is 4.00. The van der Waals surface area contributed by atoms with E-state index in [1.54, 1.807) is 0 Å². The minimum absolute atomic E-state index is 0.375. The summed E-state index contributed by atoms with van der Waals surface area (Å²) in [5, 5.41) is 0. The zero-order chi connectivity index (χ0) is 7.56. The molecule has 0 saturated carbocycles. The van der Waals surface area contributed by atoms with E-state index in [1.165, 1.54) is 0 Å². The van der Waals surface area contributed by atoms with E-state index in [0.29, 0.717) is 17.9 Å². The molecule has 2 atom stereocenters. The van der Waals surface area contributed by atoms with E-state index in [0.717, 1.165) is 6.61 Å². The van der Waals surface area contributed by atoms with Gasteiger partial charge in [-0.15, -0.1) is 0 Å². The van der Waals surface area contributed by atoms with Crippen molar-refractivity contribution in [3.05, 3.63) is 12.2 Å². The van der Waals surface area contributed by atoms with Gasteiger partial charge in [-0.25, -0.2) is 0 Å². The molecule has 0 aromatic carbocycles. The van der Waals surface area contributed by atoms with Crippen LogP contribution in [0.1, 0.15) is 20.8 Å². The third-order valence-corrected chi connectivity index (χ3v) is 2.28. The van der Waals surface area contributed by atoms with Crippen LogP contribution in [-0.2, 0) is 4.74 Å². The van der Waals surface area contributed by atoms with Crippen molar-refractivity contribution in [2.75, 3.05) is 6.61 Å². The van der Waals surface area contributed by atoms with Crippen LogP contribution in [0.4, 0.5) is 0 Å². The molecule has 0 aliphatic carbocycles. The normalized spacial score (nSPS) is 27.8. The summed E-state index contributed by atoms with van der Waals surface area (Å²) in [6, 6.07) is 0. The van der Waals surface area contributed by atoms with E-state index in [2.05, 4.69) is 32.9 Å². The summed E-state index contributed by atoms with van der Waals surface area (Å²) in [7, 11) is 0. The fourth-order valence-corrected chi connectivity index (χ4v) is 1.12. The molecular weight excluding hydrogens is 124 g/mol. The van der Waals surface area contributed by atoms with Crippen LogP contribution in [0.25, 0.3) is 0 Å². The molecule has 0 N–H and O–H groups in total. The minimum Gasteiger partial charge on any atom is -0.370 e. The van der Waals surface area contributed by atoms with Crippen LogP contribution in [0.3, 0.4) is 0 Å². The largest absolute Gasteiger partial charge is 0.370 e. The Morgan fingerprint density at radius 2 is 2.10 bits per heavy atom. The lowest BCUT2D eigenvalue weighted by atomic mass is 9.92. The summed E-state index contributed by atoms with van der Waals surface area (Å²) >= 11 is 0. The highest BCUT2D eigenvalue weighted by Gasteiger charge is 2.20. The fourth-order valence-electron chi connectivity index (χ4n) is 1.12. The Morgan fingerprint density at radius 1 is 1.40 bits per heavy atom. The Hall–Kier alpha value is -0.300. The quantitative estimate of drug-likeness (QED) is 0.534. The molecule has 58 valence electrons. The molecule has 10 heavy (non-hydrogen) atoms. The molecule has 0 saturated heterocycles. The van der Waals surface area contributed by atoms with E-state index < -0.39 is 0 Å². The number of ether oxygens (including phenoxy) is 1. The van der Waals surface area contributed by atoms with Gasteiger partial charge in [0, 0.05) is 0 Å². The Kier molecular flexibility index (Phi) is 2.50. The lowest BCUT2D eigenvalue weighted by molar-refractivity contribution is 0.0698. The third kappa shape index (κ3) is 1.60. The smallest absolute Gasteiger partial charge is 0.0788 e. The number of hydrogen-bond donors (Lipinski definition) is 0. The predicted molar refractivity (Wildman–Crippen MR) is 42.9 cm³/mol. The van der Waals surface area contributed by atoms with Crippen molar-refractivity contribution in [1.29, 1.82) is 0 Å². The summed E-state index contributed by atoms with van der Waals surface area (Å²) < 4.78 is 5.46. The highest BCUT2D eigenvalue weighted by atomic mass is 16.5. The molecule has 0 radical (unpaired) electrons. The summed E-state index contributed by atoms with van der Waals surface area (Å²) in [6.07, 6.45) is 4.65. The summed E-state index contributed by atoms with van der Waals surface area (Å²) in [5.74, 6) is 1.37. The molecular formula is C9H16O. The summed E-state index contributed by atoms with van der Waals surface area (Å²) in [4.78, 5) is 0. The third-order valence-electron chi connectivity index (χ3n) is 2.28. The number of hydrogen-bond acceptors (Lipinski definition) is 1. The minimum atomic E-state index is 0.375. The highest BCUT2D eigenvalue weighted by molar-refractivity contribution is 4.98. The molecule has 0 spiro atoms. The summed E-state index contributed by atoms with van der Waals surface area (Å²) in [6.45, 7) is 7.52. The number of rotatable bonds is 2. The van der Waals surface area contributed by atoms with E-state index in [1.807, 2.05) is 0 Å². The Bertz CT molecular complexity index is 127. The van der Waals surface area contributed by atoms with Crippen molar-refractivity contribution >= 4 is 0 Å². The van der Waals surface area contributed by atoms with Crippen molar-refractivity contribution in [2.45, 2.75) is 26.9 Å². The molecule has 1 nitrogen and oxygen atoms in total. The first kappa shape index (κ1) is 7.80. The van der Waals surface area contributed by atoms with Gasteiger partial charge in [0.1, 0.15) is 0 Å². The van der Waals surface area contributed by atoms with Crippen molar-refractivity contribution in [3.8, 4) is 0 Å². The lowest BCUT2D eigenvalue weighted by Gasteiger charge is -2.20. The van der Waals surface area contributed by atoms with E-state index in [4.69, 9.17) is 4.74 Å². The van der Waals surface area contributed by atoms with Crippen molar-refractivity contribution in [1.82, 2.24) is 0 Å². The monoisotopic (exact) mass is 140 g/mol. The first-order valence-electron chi connectivity index (χ1n) is 4.00. The molecule has 0 aromatic rings. The maximum atomic E-state index is 5.46. The Labute approximate surface area is 63.1 Å². The molecule has 1 aliphatic heterocycles. The van der Waals surface area contributed by atoms with Crippen LogP contribution in [-0.4, -0.2) is 12.7 Å². The SMILES string of the molecule is CC(C)C(C)C1C=CCO1. The molecule has 0 bridgehead atoms. The molecule has 1 heterocycles. The van der Waals surface area contributed by atoms with Gasteiger partial charge in [0.05, 0.1) is 12.7 Å². The van der Waals surface area contributed by atoms with Gasteiger partial charge in [0.2, 0.25) is 0 Å². The van der Waals surface area contributed by atoms with E-state index >= 15 is 0 Å². The molecule has 1 aliphatic rings. The average Bonchev–Trinajstić information content (AvgIpc) is 2.36. The molecule has 0 amide bonds. The second kappa shape index (κ2) is 3.20. The zero-order valence-electron chi connectivity index (χ0n) is 7.00. The van der Waals surface area contributed by atoms with Crippen molar-refractivity contribution in [3.63, 3.8) is 0 Å². The molecule has 0 fully saturated rings. The van der Waals surface area contributed by atoms with Crippen molar-refractivity contribution in [2.24, 2.45) is 11.8 Å². The molecule has 2 unspecified atom stereocenters. The van der Waals surface area contributed by atoms with Gasteiger partial charge in [-0.05, 0) is 11.8 Å². The van der Waals surface area contributed by atoms with Gasteiger partial charge in [-0.2, -0.15) is 0 Å². The van der Waals surface area contributed by atoms with Gasteiger partial charge in [0.25, 0.3) is 0 Å². The second-order valence-electron chi connectivity index (χ2n) is 3.33. The fraction of sp³-hybridized carbons (Fsp3) is 0.778. The van der Waals surface area contributed by atoms with Crippen LogP contribution < -0.4 is 0 Å². The molecule has 1 rings (SSSR count). The maximum absolute atomic E-state index is 5.46. The lowest BCUT2D eigenvalue weighted by Crippen LogP contribution is -2.20. The van der Waals surface area contributed by atoms with Crippen LogP contribution in [0.2, 0.25) is 0 Å². The van der Waals surface area contributed by atoms with Gasteiger partial charge in [-0.3, -0.25) is 0 Å². The average molecular weight is 140 g/mol. The molecule has 0 aromatic heterocycles. The van der Waals surface area contributed by atoms with Gasteiger partial charge in [0.15, 0.2) is 0 Å². The summed E-state index contributed by atoms with van der Waals surface area (Å²) in [5.41, 5.74) is 0.